The van der Waals surface area contributed by atoms with Crippen molar-refractivity contribution in [3.63, 3.8) is 0 Å². The molecule has 0 bridgehead atoms. The molecule has 0 atom stereocenters. The second kappa shape index (κ2) is 11.6. The lowest BCUT2D eigenvalue weighted by atomic mass is 10.0. The maximum atomic E-state index is 13.5. The largest absolute Gasteiger partial charge is 0.416 e. The first-order chi connectivity index (χ1) is 17.7. The summed E-state index contributed by atoms with van der Waals surface area (Å²) >= 11 is 1.45. The number of carbonyl (C=O) groups is 2. The maximum Gasteiger partial charge on any atom is 0.416 e. The zero-order valence-electron chi connectivity index (χ0n) is 20.9. The van der Waals surface area contributed by atoms with E-state index in [4.69, 9.17) is 0 Å². The van der Waals surface area contributed by atoms with E-state index in [0.29, 0.717) is 12.1 Å². The molecule has 0 radical (unpaired) electrons. The number of thiophene rings is 1. The summed E-state index contributed by atoms with van der Waals surface area (Å²) in [5, 5.41) is 1.88. The molecule has 3 rings (SSSR count). The van der Waals surface area contributed by atoms with Crippen molar-refractivity contribution in [2.75, 3.05) is 6.54 Å². The van der Waals surface area contributed by atoms with Crippen LogP contribution in [0.1, 0.15) is 51.3 Å². The molecule has 38 heavy (non-hydrogen) atoms. The Kier molecular flexibility index (Phi) is 8.91. The van der Waals surface area contributed by atoms with Gasteiger partial charge in [0.1, 0.15) is 6.54 Å². The van der Waals surface area contributed by atoms with Crippen molar-refractivity contribution in [3.8, 4) is 0 Å². The van der Waals surface area contributed by atoms with Crippen LogP contribution >= 0.6 is 11.3 Å². The van der Waals surface area contributed by atoms with Crippen molar-refractivity contribution in [3.05, 3.63) is 92.7 Å². The van der Waals surface area contributed by atoms with E-state index in [0.717, 1.165) is 20.9 Å². The number of amides is 2. The molecule has 11 heteroatoms. The van der Waals surface area contributed by atoms with Crippen molar-refractivity contribution in [2.24, 2.45) is 0 Å². The molecule has 3 aromatic rings. The Morgan fingerprint density at radius 3 is 1.92 bits per heavy atom. The van der Waals surface area contributed by atoms with Gasteiger partial charge in [-0.25, -0.2) is 0 Å². The van der Waals surface area contributed by atoms with E-state index < -0.39 is 53.4 Å². The van der Waals surface area contributed by atoms with Gasteiger partial charge in [-0.05, 0) is 61.5 Å². The fraction of sp³-hybridized carbons (Fsp3) is 0.333. The number of aryl methyl sites for hydroxylation is 1. The molecule has 0 aliphatic rings. The standard InChI is InChI=1S/C27H26F6N2O2S/c1-17(2)35(25(37)20-11-21(26(28,29)30)13-22(12-20)27(31,32)33)16-24(36)34(14-19-7-5-4-6-8-19)15-23-18(3)9-10-38-23/h4-13,17H,14-16H2,1-3H3. The van der Waals surface area contributed by atoms with Crippen LogP contribution in [0.2, 0.25) is 0 Å². The molecule has 2 amide bonds. The van der Waals surface area contributed by atoms with Gasteiger partial charge in [-0.15, -0.1) is 11.3 Å². The number of halogens is 6. The summed E-state index contributed by atoms with van der Waals surface area (Å²) in [5.74, 6) is -1.59. The fourth-order valence-electron chi connectivity index (χ4n) is 3.75. The molecule has 0 fully saturated rings. The van der Waals surface area contributed by atoms with Crippen molar-refractivity contribution in [1.82, 2.24) is 9.80 Å². The van der Waals surface area contributed by atoms with Crippen LogP contribution < -0.4 is 0 Å². The summed E-state index contributed by atoms with van der Waals surface area (Å²) in [6.07, 6.45) is -10.2. The number of hydrogen-bond acceptors (Lipinski definition) is 3. The predicted molar refractivity (Wildman–Crippen MR) is 132 cm³/mol. The first-order valence-corrected chi connectivity index (χ1v) is 12.5. The van der Waals surface area contributed by atoms with Crippen molar-refractivity contribution in [1.29, 1.82) is 0 Å². The van der Waals surface area contributed by atoms with Crippen LogP contribution in [-0.2, 0) is 30.2 Å². The van der Waals surface area contributed by atoms with E-state index >= 15 is 0 Å². The molecule has 0 aliphatic heterocycles. The summed E-state index contributed by atoms with van der Waals surface area (Å²) in [6.45, 7) is 4.89. The smallest absolute Gasteiger partial charge is 0.332 e. The zero-order valence-corrected chi connectivity index (χ0v) is 21.7. The van der Waals surface area contributed by atoms with Crippen LogP contribution in [0.25, 0.3) is 0 Å². The minimum atomic E-state index is -5.10. The highest BCUT2D eigenvalue weighted by Crippen LogP contribution is 2.36. The van der Waals surface area contributed by atoms with E-state index in [1.54, 1.807) is 0 Å². The number of alkyl halides is 6. The predicted octanol–water partition coefficient (Wildman–Crippen LogP) is 7.17. The SMILES string of the molecule is Cc1ccsc1CN(Cc1ccccc1)C(=O)CN(C(=O)c1cc(C(F)(F)F)cc(C(F)(F)F)c1)C(C)C. The molecule has 0 saturated heterocycles. The summed E-state index contributed by atoms with van der Waals surface area (Å²) in [4.78, 5) is 30.1. The van der Waals surface area contributed by atoms with Crippen LogP contribution in [0.3, 0.4) is 0 Å². The number of benzene rings is 2. The fourth-order valence-corrected chi connectivity index (χ4v) is 4.68. The summed E-state index contributed by atoms with van der Waals surface area (Å²) < 4.78 is 80.1. The number of carbonyl (C=O) groups excluding carboxylic acids is 2. The van der Waals surface area contributed by atoms with Gasteiger partial charge in [0.05, 0.1) is 17.7 Å². The van der Waals surface area contributed by atoms with Gasteiger partial charge < -0.3 is 9.80 Å². The van der Waals surface area contributed by atoms with Gasteiger partial charge in [-0.3, -0.25) is 9.59 Å². The average molecular weight is 557 g/mol. The minimum Gasteiger partial charge on any atom is -0.332 e. The molecule has 204 valence electrons. The van der Waals surface area contributed by atoms with Crippen LogP contribution in [0.4, 0.5) is 26.3 Å². The highest BCUT2D eigenvalue weighted by Gasteiger charge is 2.38. The first-order valence-electron chi connectivity index (χ1n) is 11.6. The number of nitrogens with zero attached hydrogens (tertiary/aromatic N) is 2. The molecule has 0 spiro atoms. The van der Waals surface area contributed by atoms with Gasteiger partial charge in [0.25, 0.3) is 5.91 Å². The maximum absolute atomic E-state index is 13.5. The zero-order chi connectivity index (χ0) is 28.3. The van der Waals surface area contributed by atoms with E-state index in [9.17, 15) is 35.9 Å². The molecule has 1 aromatic heterocycles. The normalized spacial score (nSPS) is 12.1. The molecular weight excluding hydrogens is 530 g/mol. The molecule has 0 unspecified atom stereocenters. The highest BCUT2D eigenvalue weighted by molar-refractivity contribution is 7.10. The summed E-state index contributed by atoms with van der Waals surface area (Å²) in [7, 11) is 0. The third kappa shape index (κ3) is 7.37. The van der Waals surface area contributed by atoms with Gasteiger partial charge >= 0.3 is 12.4 Å². The highest BCUT2D eigenvalue weighted by atomic mass is 32.1. The van der Waals surface area contributed by atoms with Gasteiger partial charge in [0, 0.05) is 23.0 Å². The van der Waals surface area contributed by atoms with E-state index in [-0.39, 0.29) is 19.2 Å². The van der Waals surface area contributed by atoms with E-state index in [1.165, 1.54) is 30.1 Å². The number of rotatable bonds is 8. The quantitative estimate of drug-likeness (QED) is 0.276. The van der Waals surface area contributed by atoms with E-state index in [1.807, 2.05) is 48.7 Å². The first kappa shape index (κ1) is 29.2. The van der Waals surface area contributed by atoms with E-state index in [2.05, 4.69) is 0 Å². The Labute approximate surface area is 220 Å². The third-order valence-electron chi connectivity index (χ3n) is 5.90. The number of hydrogen-bond donors (Lipinski definition) is 0. The second-order valence-electron chi connectivity index (χ2n) is 9.08. The summed E-state index contributed by atoms with van der Waals surface area (Å²) in [5.41, 5.74) is -2.18. The molecular formula is C27H26F6N2O2S. The van der Waals surface area contributed by atoms with Crippen molar-refractivity contribution in [2.45, 2.75) is 52.3 Å². The lowest BCUT2D eigenvalue weighted by Crippen LogP contribution is -2.45. The Bertz CT molecular complexity index is 1240. The van der Waals surface area contributed by atoms with Crippen LogP contribution in [0.5, 0.6) is 0 Å². The molecule has 0 saturated carbocycles. The second-order valence-corrected chi connectivity index (χ2v) is 10.1. The van der Waals surface area contributed by atoms with Gasteiger partial charge in [0.2, 0.25) is 5.91 Å². The molecule has 0 aliphatic carbocycles. The summed E-state index contributed by atoms with van der Waals surface area (Å²) in [6, 6.07) is 11.0. The molecule has 2 aromatic carbocycles. The van der Waals surface area contributed by atoms with Crippen molar-refractivity contribution < 1.29 is 35.9 Å². The average Bonchev–Trinajstić information content (AvgIpc) is 3.24. The van der Waals surface area contributed by atoms with Crippen molar-refractivity contribution >= 4 is 23.2 Å². The van der Waals surface area contributed by atoms with Crippen LogP contribution in [-0.4, -0.2) is 34.2 Å². The Morgan fingerprint density at radius 2 is 1.45 bits per heavy atom. The Morgan fingerprint density at radius 1 is 0.868 bits per heavy atom. The molecule has 4 nitrogen and oxygen atoms in total. The van der Waals surface area contributed by atoms with Crippen LogP contribution in [0.15, 0.2) is 60.0 Å². The monoisotopic (exact) mass is 556 g/mol. The topological polar surface area (TPSA) is 40.6 Å². The van der Waals surface area contributed by atoms with Crippen LogP contribution in [0, 0.1) is 6.92 Å². The Balaban J connectivity index is 1.94. The Hall–Kier alpha value is -3.34. The lowest BCUT2D eigenvalue weighted by Gasteiger charge is -2.30. The van der Waals surface area contributed by atoms with Gasteiger partial charge in [0.15, 0.2) is 0 Å². The lowest BCUT2D eigenvalue weighted by molar-refractivity contribution is -0.143. The third-order valence-corrected chi connectivity index (χ3v) is 6.90. The van der Waals surface area contributed by atoms with Gasteiger partial charge in [-0.2, -0.15) is 26.3 Å². The molecule has 1 heterocycles. The molecule has 0 N–H and O–H groups in total. The minimum absolute atomic E-state index is 0.0351. The van der Waals surface area contributed by atoms with Gasteiger partial charge in [-0.1, -0.05) is 30.3 Å².